The van der Waals surface area contributed by atoms with Gasteiger partial charge in [0.2, 0.25) is 0 Å². The van der Waals surface area contributed by atoms with Gasteiger partial charge in [-0.05, 0) is 117 Å². The molecule has 37 heavy (non-hydrogen) atoms. The van der Waals surface area contributed by atoms with Gasteiger partial charge in [0.15, 0.2) is 11.0 Å². The summed E-state index contributed by atoms with van der Waals surface area (Å²) < 4.78 is 0. The van der Waals surface area contributed by atoms with Gasteiger partial charge in [-0.25, -0.2) is 9.97 Å². The van der Waals surface area contributed by atoms with Gasteiger partial charge >= 0.3 is 5.97 Å². The first-order valence-corrected chi connectivity index (χ1v) is 15.0. The SMILES string of the molecule is CC12CCCCC1CCC1C2CCC2(C)C(CCCC(=O)O)CCC12.Nc1nc2ccccc2nc1Cl. The Balaban J connectivity index is 0.000000195. The number of nitrogens with two attached hydrogens (primary N) is 1. The molecule has 0 amide bonds. The number of halogens is 1. The van der Waals surface area contributed by atoms with Crippen molar-refractivity contribution in [1.82, 2.24) is 9.97 Å². The van der Waals surface area contributed by atoms with Crippen molar-refractivity contribution in [2.45, 2.75) is 97.3 Å². The molecule has 4 fully saturated rings. The number of aromatic nitrogens is 2. The van der Waals surface area contributed by atoms with Crippen molar-refractivity contribution in [2.75, 3.05) is 5.73 Å². The van der Waals surface area contributed by atoms with Crippen molar-refractivity contribution < 1.29 is 9.90 Å². The Morgan fingerprint density at radius 3 is 2.46 bits per heavy atom. The predicted molar refractivity (Wildman–Crippen MR) is 150 cm³/mol. The van der Waals surface area contributed by atoms with Gasteiger partial charge in [-0.1, -0.05) is 50.4 Å². The van der Waals surface area contributed by atoms with E-state index in [1.165, 1.54) is 64.2 Å². The number of hydrogen-bond donors (Lipinski definition) is 2. The fourth-order valence-electron chi connectivity index (χ4n) is 9.37. The summed E-state index contributed by atoms with van der Waals surface area (Å²) in [4.78, 5) is 19.0. The third-order valence-electron chi connectivity index (χ3n) is 11.3. The predicted octanol–water partition coefficient (Wildman–Crippen LogP) is 8.16. The average molecular weight is 526 g/mol. The molecule has 4 aliphatic rings. The molecule has 202 valence electrons. The van der Waals surface area contributed by atoms with Crippen LogP contribution in [-0.2, 0) is 4.79 Å². The molecule has 0 saturated heterocycles. The summed E-state index contributed by atoms with van der Waals surface area (Å²) in [6, 6.07) is 7.44. The molecule has 7 unspecified atom stereocenters. The number of nitrogens with zero attached hydrogens (tertiary/aromatic N) is 2. The number of carboxylic acids is 1. The van der Waals surface area contributed by atoms with Crippen LogP contribution in [0.2, 0.25) is 5.15 Å². The Bertz CT molecular complexity index is 1080. The van der Waals surface area contributed by atoms with Gasteiger partial charge in [-0.15, -0.1) is 0 Å². The Hall–Kier alpha value is -1.88. The number of nitrogen functional groups attached to an aromatic ring is 1. The third kappa shape index (κ3) is 5.10. The molecule has 4 saturated carbocycles. The minimum absolute atomic E-state index is 0.258. The average Bonchev–Trinajstić information content (AvgIpc) is 3.21. The van der Waals surface area contributed by atoms with Crippen molar-refractivity contribution in [3.8, 4) is 0 Å². The van der Waals surface area contributed by atoms with E-state index in [0.717, 1.165) is 53.5 Å². The van der Waals surface area contributed by atoms with E-state index in [4.69, 9.17) is 22.4 Å². The first-order chi connectivity index (χ1) is 17.7. The maximum atomic E-state index is 10.9. The van der Waals surface area contributed by atoms with Crippen molar-refractivity contribution in [3.63, 3.8) is 0 Å². The standard InChI is InChI=1S/C23H38O2.C8H6ClN3/c1-22-14-4-3-6-16(22)9-11-18-19-12-10-17(7-5-8-21(24)25)23(19,2)15-13-20(18)22;9-7-8(10)12-6-4-2-1-3-5(6)11-7/h16-20H,3-15H2,1-2H3,(H,24,25);1-4H,(H2,10,12). The van der Waals surface area contributed by atoms with Crippen LogP contribution in [0.15, 0.2) is 24.3 Å². The minimum atomic E-state index is -0.619. The molecule has 6 heteroatoms. The van der Waals surface area contributed by atoms with Crippen LogP contribution in [0.4, 0.5) is 5.82 Å². The Kier molecular flexibility index (Phi) is 7.73. The number of rotatable bonds is 4. The lowest BCUT2D eigenvalue weighted by atomic mass is 9.45. The normalized spacial score (nSPS) is 36.6. The molecule has 3 N–H and O–H groups in total. The van der Waals surface area contributed by atoms with Crippen LogP contribution in [0, 0.1) is 40.4 Å². The molecule has 0 bridgehead atoms. The number of para-hydroxylation sites is 2. The Morgan fingerprint density at radius 1 is 0.973 bits per heavy atom. The van der Waals surface area contributed by atoms with Gasteiger partial charge < -0.3 is 10.8 Å². The highest BCUT2D eigenvalue weighted by atomic mass is 35.5. The van der Waals surface area contributed by atoms with Gasteiger partial charge in [0.1, 0.15) is 0 Å². The monoisotopic (exact) mass is 525 g/mol. The lowest BCUT2D eigenvalue weighted by molar-refractivity contribution is -0.137. The molecule has 1 aromatic carbocycles. The summed E-state index contributed by atoms with van der Waals surface area (Å²) >= 11 is 5.69. The zero-order valence-electron chi connectivity index (χ0n) is 22.6. The quantitative estimate of drug-likeness (QED) is 0.420. The highest BCUT2D eigenvalue weighted by molar-refractivity contribution is 6.31. The summed E-state index contributed by atoms with van der Waals surface area (Å²) in [6.07, 6.45) is 17.0. The van der Waals surface area contributed by atoms with Crippen molar-refractivity contribution in [1.29, 1.82) is 0 Å². The number of anilines is 1. The molecular formula is C31H44ClN3O2. The van der Waals surface area contributed by atoms with E-state index < -0.39 is 5.97 Å². The Labute approximate surface area is 227 Å². The second kappa shape index (κ2) is 10.7. The summed E-state index contributed by atoms with van der Waals surface area (Å²) in [5.74, 6) is 4.35. The zero-order chi connectivity index (χ0) is 26.2. The molecule has 5 nitrogen and oxygen atoms in total. The van der Waals surface area contributed by atoms with Crippen molar-refractivity contribution >= 4 is 34.4 Å². The van der Waals surface area contributed by atoms with Gasteiger partial charge in [0, 0.05) is 6.42 Å². The van der Waals surface area contributed by atoms with Gasteiger partial charge in [0.05, 0.1) is 11.0 Å². The highest BCUT2D eigenvalue weighted by Gasteiger charge is 2.59. The van der Waals surface area contributed by atoms with Crippen molar-refractivity contribution in [2.24, 2.45) is 40.4 Å². The first-order valence-electron chi connectivity index (χ1n) is 14.6. The van der Waals surface area contributed by atoms with E-state index in [9.17, 15) is 4.79 Å². The largest absolute Gasteiger partial charge is 0.481 e. The molecule has 1 heterocycles. The van der Waals surface area contributed by atoms with E-state index in [0.29, 0.717) is 17.3 Å². The number of aliphatic carboxylic acids is 1. The van der Waals surface area contributed by atoms with Crippen LogP contribution in [0.1, 0.15) is 97.3 Å². The number of fused-ring (bicyclic) bond motifs is 6. The fraction of sp³-hybridized carbons (Fsp3) is 0.710. The summed E-state index contributed by atoms with van der Waals surface area (Å²) in [6.45, 7) is 5.25. The number of benzene rings is 1. The topological polar surface area (TPSA) is 89.1 Å². The van der Waals surface area contributed by atoms with Gasteiger partial charge in [0.25, 0.3) is 0 Å². The molecular weight excluding hydrogens is 482 g/mol. The summed E-state index contributed by atoms with van der Waals surface area (Å²) in [7, 11) is 0. The van der Waals surface area contributed by atoms with E-state index in [-0.39, 0.29) is 11.0 Å². The summed E-state index contributed by atoms with van der Waals surface area (Å²) in [5, 5.41) is 9.23. The molecule has 0 radical (unpaired) electrons. The maximum absolute atomic E-state index is 10.9. The van der Waals surface area contributed by atoms with Crippen LogP contribution in [0.25, 0.3) is 11.0 Å². The molecule has 7 atom stereocenters. The fourth-order valence-corrected chi connectivity index (χ4v) is 9.50. The number of carboxylic acid groups (broad SMARTS) is 1. The number of hydrogen-bond acceptors (Lipinski definition) is 4. The van der Waals surface area contributed by atoms with E-state index in [1.54, 1.807) is 0 Å². The lowest BCUT2D eigenvalue weighted by Gasteiger charge is -2.60. The van der Waals surface area contributed by atoms with Gasteiger partial charge in [-0.3, -0.25) is 4.79 Å². The maximum Gasteiger partial charge on any atom is 0.303 e. The second-order valence-electron chi connectivity index (χ2n) is 12.9. The van der Waals surface area contributed by atoms with Crippen LogP contribution in [-0.4, -0.2) is 21.0 Å². The smallest absolute Gasteiger partial charge is 0.303 e. The summed E-state index contributed by atoms with van der Waals surface area (Å²) in [5.41, 5.74) is 8.16. The van der Waals surface area contributed by atoms with E-state index in [1.807, 2.05) is 24.3 Å². The van der Waals surface area contributed by atoms with Crippen LogP contribution in [0.3, 0.4) is 0 Å². The van der Waals surface area contributed by atoms with Gasteiger partial charge in [-0.2, -0.15) is 0 Å². The second-order valence-corrected chi connectivity index (χ2v) is 13.3. The van der Waals surface area contributed by atoms with E-state index in [2.05, 4.69) is 23.8 Å². The third-order valence-corrected chi connectivity index (χ3v) is 11.6. The molecule has 6 rings (SSSR count). The highest BCUT2D eigenvalue weighted by Crippen LogP contribution is 2.67. The first kappa shape index (κ1) is 26.7. The molecule has 0 spiro atoms. The molecule has 2 aromatic rings. The zero-order valence-corrected chi connectivity index (χ0v) is 23.3. The van der Waals surface area contributed by atoms with Crippen molar-refractivity contribution in [3.05, 3.63) is 29.4 Å². The molecule has 0 aliphatic heterocycles. The minimum Gasteiger partial charge on any atom is -0.481 e. The van der Waals surface area contributed by atoms with Crippen LogP contribution < -0.4 is 5.73 Å². The lowest BCUT2D eigenvalue weighted by Crippen LogP contribution is -2.52. The van der Waals surface area contributed by atoms with Crippen LogP contribution in [0.5, 0.6) is 0 Å². The molecule has 4 aliphatic carbocycles. The number of carbonyl (C=O) groups is 1. The molecule has 1 aromatic heterocycles. The van der Waals surface area contributed by atoms with Crippen LogP contribution >= 0.6 is 11.6 Å². The Morgan fingerprint density at radius 2 is 1.70 bits per heavy atom. The van der Waals surface area contributed by atoms with E-state index >= 15 is 0 Å².